The number of aromatic nitrogens is 4. The third-order valence-corrected chi connectivity index (χ3v) is 4.27. The van der Waals surface area contributed by atoms with Gasteiger partial charge in [-0.1, -0.05) is 6.92 Å². The van der Waals surface area contributed by atoms with Crippen LogP contribution in [-0.4, -0.2) is 43.2 Å². The quantitative estimate of drug-likeness (QED) is 0.865. The monoisotopic (exact) mass is 301 g/mol. The summed E-state index contributed by atoms with van der Waals surface area (Å²) in [5.74, 6) is 1.24. The molecule has 3 heterocycles. The molecule has 0 aromatic carbocycles. The second kappa shape index (κ2) is 6.34. The Morgan fingerprint density at radius 2 is 2.32 bits per heavy atom. The number of nitrogens with zero attached hydrogens (tertiary/aromatic N) is 5. The summed E-state index contributed by atoms with van der Waals surface area (Å²) in [6.45, 7) is 6.03. The number of rotatable bonds is 4. The van der Waals surface area contributed by atoms with Crippen molar-refractivity contribution in [1.29, 1.82) is 0 Å². The molecule has 1 fully saturated rings. The highest BCUT2D eigenvalue weighted by atomic mass is 16.2. The first-order chi connectivity index (χ1) is 10.7. The molecule has 0 N–H and O–H groups in total. The summed E-state index contributed by atoms with van der Waals surface area (Å²) in [6, 6.07) is 0.342. The number of carbonyl (C=O) groups is 1. The van der Waals surface area contributed by atoms with Gasteiger partial charge in [0.15, 0.2) is 0 Å². The molecule has 0 radical (unpaired) electrons. The Bertz CT molecular complexity index is 645. The summed E-state index contributed by atoms with van der Waals surface area (Å²) in [5.41, 5.74) is 1.08. The Morgan fingerprint density at radius 3 is 3.05 bits per heavy atom. The van der Waals surface area contributed by atoms with E-state index in [1.807, 2.05) is 30.4 Å². The molecule has 1 aliphatic rings. The third kappa shape index (κ3) is 3.05. The van der Waals surface area contributed by atoms with Gasteiger partial charge in [-0.2, -0.15) is 5.10 Å². The van der Waals surface area contributed by atoms with Crippen LogP contribution in [0.5, 0.6) is 0 Å². The van der Waals surface area contributed by atoms with Gasteiger partial charge in [-0.05, 0) is 25.3 Å². The normalized spacial score (nSPS) is 18.6. The maximum atomic E-state index is 12.5. The summed E-state index contributed by atoms with van der Waals surface area (Å²) in [5, 5.41) is 4.20. The van der Waals surface area contributed by atoms with Crippen molar-refractivity contribution in [2.75, 3.05) is 13.1 Å². The van der Waals surface area contributed by atoms with Gasteiger partial charge in [0, 0.05) is 38.1 Å². The lowest BCUT2D eigenvalue weighted by Gasteiger charge is -2.34. The molecule has 0 spiro atoms. The molecule has 1 atom stereocenters. The molecule has 1 aliphatic heterocycles. The topological polar surface area (TPSA) is 56.0 Å². The van der Waals surface area contributed by atoms with Gasteiger partial charge in [-0.25, -0.2) is 4.98 Å². The largest absolute Gasteiger partial charge is 0.339 e. The predicted octanol–water partition coefficient (Wildman–Crippen LogP) is 1.81. The second-order valence-corrected chi connectivity index (χ2v) is 5.96. The molecule has 1 saturated heterocycles. The van der Waals surface area contributed by atoms with Crippen molar-refractivity contribution in [2.45, 2.75) is 45.7 Å². The van der Waals surface area contributed by atoms with Crippen molar-refractivity contribution in [1.82, 2.24) is 24.2 Å². The number of imidazole rings is 1. The van der Waals surface area contributed by atoms with Crippen LogP contribution in [0.3, 0.4) is 0 Å². The molecule has 6 nitrogen and oxygen atoms in total. The fourth-order valence-corrected chi connectivity index (χ4v) is 3.15. The number of piperidine rings is 1. The molecule has 0 saturated carbocycles. The van der Waals surface area contributed by atoms with E-state index in [0.717, 1.165) is 43.7 Å². The van der Waals surface area contributed by atoms with Crippen LogP contribution < -0.4 is 0 Å². The van der Waals surface area contributed by atoms with Gasteiger partial charge in [-0.3, -0.25) is 9.48 Å². The maximum absolute atomic E-state index is 12.5. The van der Waals surface area contributed by atoms with E-state index >= 15 is 0 Å². The zero-order chi connectivity index (χ0) is 15.5. The number of carbonyl (C=O) groups excluding carboxylic acids is 1. The SMILES string of the molecule is CCc1nccn1C1CCCN(C(=O)Cn2cc(C)cn2)C1. The lowest BCUT2D eigenvalue weighted by molar-refractivity contribution is -0.133. The first kappa shape index (κ1) is 14.8. The second-order valence-electron chi connectivity index (χ2n) is 5.96. The number of hydrogen-bond donors (Lipinski definition) is 0. The molecule has 118 valence electrons. The van der Waals surface area contributed by atoms with Crippen molar-refractivity contribution in [3.63, 3.8) is 0 Å². The van der Waals surface area contributed by atoms with Crippen molar-refractivity contribution >= 4 is 5.91 Å². The molecule has 6 heteroatoms. The smallest absolute Gasteiger partial charge is 0.244 e. The van der Waals surface area contributed by atoms with Crippen molar-refractivity contribution in [3.8, 4) is 0 Å². The van der Waals surface area contributed by atoms with Crippen LogP contribution in [0, 0.1) is 6.92 Å². The van der Waals surface area contributed by atoms with Crippen molar-refractivity contribution in [3.05, 3.63) is 36.2 Å². The Hall–Kier alpha value is -2.11. The molecular weight excluding hydrogens is 278 g/mol. The summed E-state index contributed by atoms with van der Waals surface area (Å²) in [6.07, 6.45) is 10.6. The number of hydrogen-bond acceptors (Lipinski definition) is 3. The van der Waals surface area contributed by atoms with Crippen LogP contribution in [0.2, 0.25) is 0 Å². The molecule has 3 rings (SSSR count). The summed E-state index contributed by atoms with van der Waals surface area (Å²) < 4.78 is 3.95. The average Bonchev–Trinajstić information content (AvgIpc) is 3.16. The van der Waals surface area contributed by atoms with E-state index in [4.69, 9.17) is 0 Å². The van der Waals surface area contributed by atoms with Crippen molar-refractivity contribution in [2.24, 2.45) is 0 Å². The number of amides is 1. The molecule has 2 aromatic heterocycles. The molecular formula is C16H23N5O. The lowest BCUT2D eigenvalue weighted by Crippen LogP contribution is -2.42. The highest BCUT2D eigenvalue weighted by molar-refractivity contribution is 5.76. The van der Waals surface area contributed by atoms with Gasteiger partial charge in [-0.15, -0.1) is 0 Å². The van der Waals surface area contributed by atoms with Crippen LogP contribution in [-0.2, 0) is 17.8 Å². The Balaban J connectivity index is 1.66. The molecule has 2 aromatic rings. The van der Waals surface area contributed by atoms with E-state index in [2.05, 4.69) is 21.6 Å². The molecule has 1 unspecified atom stereocenters. The minimum Gasteiger partial charge on any atom is -0.339 e. The minimum atomic E-state index is 0.144. The van der Waals surface area contributed by atoms with E-state index in [9.17, 15) is 4.79 Å². The fraction of sp³-hybridized carbons (Fsp3) is 0.562. The Morgan fingerprint density at radius 1 is 1.45 bits per heavy atom. The highest BCUT2D eigenvalue weighted by Gasteiger charge is 2.25. The van der Waals surface area contributed by atoms with Crippen molar-refractivity contribution < 1.29 is 4.79 Å². The molecule has 22 heavy (non-hydrogen) atoms. The van der Waals surface area contributed by atoms with E-state index in [1.165, 1.54) is 0 Å². The first-order valence-electron chi connectivity index (χ1n) is 7.96. The Kier molecular flexibility index (Phi) is 4.27. The van der Waals surface area contributed by atoms with Crippen LogP contribution in [0.4, 0.5) is 0 Å². The van der Waals surface area contributed by atoms with Crippen LogP contribution >= 0.6 is 0 Å². The lowest BCUT2D eigenvalue weighted by atomic mass is 10.1. The van der Waals surface area contributed by atoms with Crippen LogP contribution in [0.15, 0.2) is 24.8 Å². The molecule has 0 aliphatic carbocycles. The Labute approximate surface area is 130 Å². The van der Waals surface area contributed by atoms with Crippen LogP contribution in [0.1, 0.15) is 37.2 Å². The molecule has 1 amide bonds. The van der Waals surface area contributed by atoms with E-state index in [-0.39, 0.29) is 5.91 Å². The van der Waals surface area contributed by atoms with E-state index in [0.29, 0.717) is 12.6 Å². The van der Waals surface area contributed by atoms with Gasteiger partial charge < -0.3 is 9.47 Å². The number of aryl methyl sites for hydroxylation is 2. The zero-order valence-corrected chi connectivity index (χ0v) is 13.3. The van der Waals surface area contributed by atoms with Gasteiger partial charge in [0.05, 0.1) is 12.2 Å². The van der Waals surface area contributed by atoms with Gasteiger partial charge in [0.2, 0.25) is 5.91 Å². The van der Waals surface area contributed by atoms with Crippen LogP contribution in [0.25, 0.3) is 0 Å². The predicted molar refractivity (Wildman–Crippen MR) is 83.4 cm³/mol. The fourth-order valence-electron chi connectivity index (χ4n) is 3.15. The maximum Gasteiger partial charge on any atom is 0.244 e. The standard InChI is InChI=1S/C16H23N5O/c1-3-15-17-6-8-21(15)14-5-4-7-19(11-14)16(22)12-20-10-13(2)9-18-20/h6,8-10,14H,3-5,7,11-12H2,1-2H3. The number of likely N-dealkylation sites (tertiary alicyclic amines) is 1. The average molecular weight is 301 g/mol. The van der Waals surface area contributed by atoms with E-state index < -0.39 is 0 Å². The van der Waals surface area contributed by atoms with Gasteiger partial charge >= 0.3 is 0 Å². The summed E-state index contributed by atoms with van der Waals surface area (Å²) in [7, 11) is 0. The minimum absolute atomic E-state index is 0.144. The highest BCUT2D eigenvalue weighted by Crippen LogP contribution is 2.23. The van der Waals surface area contributed by atoms with E-state index in [1.54, 1.807) is 10.9 Å². The summed E-state index contributed by atoms with van der Waals surface area (Å²) >= 11 is 0. The summed E-state index contributed by atoms with van der Waals surface area (Å²) in [4.78, 5) is 18.8. The van der Waals surface area contributed by atoms with Gasteiger partial charge in [0.25, 0.3) is 0 Å². The first-order valence-corrected chi connectivity index (χ1v) is 7.96. The zero-order valence-electron chi connectivity index (χ0n) is 13.3. The third-order valence-electron chi connectivity index (χ3n) is 4.27. The van der Waals surface area contributed by atoms with Gasteiger partial charge in [0.1, 0.15) is 12.4 Å². The molecule has 0 bridgehead atoms.